The van der Waals surface area contributed by atoms with Crippen molar-refractivity contribution in [3.05, 3.63) is 76.8 Å². The van der Waals surface area contributed by atoms with Gasteiger partial charge in [0.25, 0.3) is 11.8 Å². The number of rotatable bonds is 7. The standard InChI is InChI=1S/C26H30ClN5O3/c1-17(2)32-14-20(13-30(3)12-18-8-10-19(27)11-9-18)35-24-21(26(32)34)6-5-7-22(24)29-25(33)23-15-31(4)16-28-23/h5-11,15-17,20H,12-14H2,1-4H3,(H,29,33)/t20-/m1/s1. The van der Waals surface area contributed by atoms with Gasteiger partial charge in [0.2, 0.25) is 0 Å². The van der Waals surface area contributed by atoms with E-state index in [1.807, 2.05) is 50.1 Å². The van der Waals surface area contributed by atoms with Crippen molar-refractivity contribution in [2.75, 3.05) is 25.5 Å². The number of ether oxygens (including phenoxy) is 1. The predicted octanol–water partition coefficient (Wildman–Crippen LogP) is 4.07. The van der Waals surface area contributed by atoms with Gasteiger partial charge in [-0.25, -0.2) is 4.98 Å². The fraction of sp³-hybridized carbons (Fsp3) is 0.346. The Bertz CT molecular complexity index is 1210. The van der Waals surface area contributed by atoms with Gasteiger partial charge in [0.15, 0.2) is 5.75 Å². The number of benzene rings is 2. The van der Waals surface area contributed by atoms with E-state index in [1.54, 1.807) is 42.3 Å². The lowest BCUT2D eigenvalue weighted by atomic mass is 10.1. The molecular weight excluding hydrogens is 466 g/mol. The van der Waals surface area contributed by atoms with Crippen LogP contribution in [0, 0.1) is 0 Å². The third kappa shape index (κ3) is 5.83. The van der Waals surface area contributed by atoms with Crippen LogP contribution in [0.2, 0.25) is 5.02 Å². The molecule has 0 bridgehead atoms. The van der Waals surface area contributed by atoms with Gasteiger partial charge >= 0.3 is 0 Å². The summed E-state index contributed by atoms with van der Waals surface area (Å²) in [6.45, 7) is 5.70. The molecule has 0 radical (unpaired) electrons. The summed E-state index contributed by atoms with van der Waals surface area (Å²) in [6.07, 6.45) is 2.90. The molecule has 2 aromatic carbocycles. The van der Waals surface area contributed by atoms with Crippen molar-refractivity contribution in [1.29, 1.82) is 0 Å². The first-order valence-corrected chi connectivity index (χ1v) is 11.9. The van der Waals surface area contributed by atoms with Gasteiger partial charge in [-0.1, -0.05) is 29.8 Å². The van der Waals surface area contributed by atoms with Crippen molar-refractivity contribution >= 4 is 29.1 Å². The second kappa shape index (κ2) is 10.5. The molecule has 4 rings (SSSR count). The summed E-state index contributed by atoms with van der Waals surface area (Å²) >= 11 is 6.01. The number of anilines is 1. The summed E-state index contributed by atoms with van der Waals surface area (Å²) in [4.78, 5) is 34.3. The second-order valence-corrected chi connectivity index (χ2v) is 9.61. The number of amides is 2. The first-order valence-electron chi connectivity index (χ1n) is 11.5. The van der Waals surface area contributed by atoms with Crippen molar-refractivity contribution in [3.63, 3.8) is 0 Å². The zero-order valence-corrected chi connectivity index (χ0v) is 21.1. The fourth-order valence-electron chi connectivity index (χ4n) is 4.16. The molecule has 0 saturated carbocycles. The van der Waals surface area contributed by atoms with Crippen LogP contribution in [0.3, 0.4) is 0 Å². The number of aryl methyl sites for hydroxylation is 1. The largest absolute Gasteiger partial charge is 0.484 e. The van der Waals surface area contributed by atoms with E-state index in [0.717, 1.165) is 5.56 Å². The molecule has 1 aromatic heterocycles. The van der Waals surface area contributed by atoms with Gasteiger partial charge < -0.3 is 19.5 Å². The number of aromatic nitrogens is 2. The van der Waals surface area contributed by atoms with E-state index in [1.165, 1.54) is 0 Å². The number of hydrogen-bond acceptors (Lipinski definition) is 5. The highest BCUT2D eigenvalue weighted by molar-refractivity contribution is 6.30. The van der Waals surface area contributed by atoms with Gasteiger partial charge in [0.1, 0.15) is 11.8 Å². The molecule has 8 nitrogen and oxygen atoms in total. The first-order chi connectivity index (χ1) is 16.7. The van der Waals surface area contributed by atoms with Gasteiger partial charge in [0.05, 0.1) is 24.1 Å². The lowest BCUT2D eigenvalue weighted by Crippen LogP contribution is -2.45. The Morgan fingerprint density at radius 1 is 1.26 bits per heavy atom. The average molecular weight is 496 g/mol. The third-order valence-corrected chi connectivity index (χ3v) is 6.13. The minimum atomic E-state index is -0.364. The van der Waals surface area contributed by atoms with Crippen LogP contribution >= 0.6 is 11.6 Å². The summed E-state index contributed by atoms with van der Waals surface area (Å²) in [5, 5.41) is 3.57. The van der Waals surface area contributed by atoms with Crippen LogP contribution in [0.25, 0.3) is 0 Å². The summed E-state index contributed by atoms with van der Waals surface area (Å²) in [7, 11) is 3.81. The Labute approximate surface area is 210 Å². The van der Waals surface area contributed by atoms with Gasteiger partial charge in [-0.3, -0.25) is 14.5 Å². The normalized spacial score (nSPS) is 15.7. The average Bonchev–Trinajstić information content (AvgIpc) is 3.19. The molecule has 184 valence electrons. The highest BCUT2D eigenvalue weighted by Gasteiger charge is 2.32. The molecule has 1 aliphatic heterocycles. The van der Waals surface area contributed by atoms with Crippen LogP contribution in [0.1, 0.15) is 40.3 Å². The molecule has 2 amide bonds. The molecule has 0 fully saturated rings. The van der Waals surface area contributed by atoms with E-state index in [9.17, 15) is 9.59 Å². The van der Waals surface area contributed by atoms with Crippen LogP contribution in [-0.4, -0.2) is 63.4 Å². The number of fused-ring (bicyclic) bond motifs is 1. The van der Waals surface area contributed by atoms with Crippen LogP contribution < -0.4 is 10.1 Å². The molecule has 1 N–H and O–H groups in total. The van der Waals surface area contributed by atoms with E-state index in [2.05, 4.69) is 15.2 Å². The highest BCUT2D eigenvalue weighted by atomic mass is 35.5. The number of carbonyl (C=O) groups excluding carboxylic acids is 2. The minimum Gasteiger partial charge on any atom is -0.484 e. The molecule has 35 heavy (non-hydrogen) atoms. The van der Waals surface area contributed by atoms with Crippen molar-refractivity contribution in [2.24, 2.45) is 7.05 Å². The number of carbonyl (C=O) groups is 2. The quantitative estimate of drug-likeness (QED) is 0.534. The van der Waals surface area contributed by atoms with E-state index >= 15 is 0 Å². The Morgan fingerprint density at radius 3 is 2.66 bits per heavy atom. The molecule has 0 saturated heterocycles. The molecule has 9 heteroatoms. The molecule has 3 aromatic rings. The number of hydrogen-bond donors (Lipinski definition) is 1. The smallest absolute Gasteiger partial charge is 0.275 e. The van der Waals surface area contributed by atoms with Gasteiger partial charge in [0, 0.05) is 37.4 Å². The number of nitrogens with zero attached hydrogens (tertiary/aromatic N) is 4. The summed E-state index contributed by atoms with van der Waals surface area (Å²) in [6, 6.07) is 13.0. The Morgan fingerprint density at radius 2 is 2.00 bits per heavy atom. The fourth-order valence-corrected chi connectivity index (χ4v) is 4.29. The van der Waals surface area contributed by atoms with E-state index in [-0.39, 0.29) is 29.7 Å². The Kier molecular flexibility index (Phi) is 7.42. The third-order valence-electron chi connectivity index (χ3n) is 5.88. The maximum absolute atomic E-state index is 13.4. The van der Waals surface area contributed by atoms with Crippen molar-refractivity contribution < 1.29 is 14.3 Å². The summed E-state index contributed by atoms with van der Waals surface area (Å²) in [5.74, 6) is -0.0990. The molecule has 0 unspecified atom stereocenters. The first kappa shape index (κ1) is 24.8. The topological polar surface area (TPSA) is 79.7 Å². The number of para-hydroxylation sites is 1. The summed E-state index contributed by atoms with van der Waals surface area (Å²) in [5.41, 5.74) is 2.29. The summed E-state index contributed by atoms with van der Waals surface area (Å²) < 4.78 is 8.14. The molecular formula is C26H30ClN5O3. The van der Waals surface area contributed by atoms with E-state index in [0.29, 0.717) is 41.7 Å². The number of imidazole rings is 1. The zero-order valence-electron chi connectivity index (χ0n) is 20.4. The van der Waals surface area contributed by atoms with E-state index < -0.39 is 0 Å². The second-order valence-electron chi connectivity index (χ2n) is 9.18. The molecule has 2 heterocycles. The molecule has 0 aliphatic carbocycles. The number of nitrogens with one attached hydrogen (secondary N) is 1. The monoisotopic (exact) mass is 495 g/mol. The minimum absolute atomic E-state index is 0.00659. The van der Waals surface area contributed by atoms with Crippen molar-refractivity contribution in [2.45, 2.75) is 32.5 Å². The lowest BCUT2D eigenvalue weighted by Gasteiger charge is -2.30. The molecule has 0 spiro atoms. The SMILES string of the molecule is CC(C)N1C[C@@H](CN(C)Cc2ccc(Cl)cc2)Oc2c(NC(=O)c3cn(C)cn3)cccc2C1=O. The highest BCUT2D eigenvalue weighted by Crippen LogP contribution is 2.34. The van der Waals surface area contributed by atoms with Crippen molar-refractivity contribution in [1.82, 2.24) is 19.4 Å². The number of likely N-dealkylation sites (N-methyl/N-ethyl adjacent to an activating group) is 1. The van der Waals surface area contributed by atoms with Crippen LogP contribution in [0.15, 0.2) is 55.0 Å². The number of halogens is 1. The lowest BCUT2D eigenvalue weighted by molar-refractivity contribution is 0.0605. The van der Waals surface area contributed by atoms with Gasteiger partial charge in [-0.15, -0.1) is 0 Å². The van der Waals surface area contributed by atoms with Gasteiger partial charge in [-0.2, -0.15) is 0 Å². The van der Waals surface area contributed by atoms with Crippen LogP contribution in [-0.2, 0) is 13.6 Å². The Balaban J connectivity index is 1.59. The van der Waals surface area contributed by atoms with Crippen LogP contribution in [0.4, 0.5) is 5.69 Å². The molecule has 1 atom stereocenters. The van der Waals surface area contributed by atoms with Crippen molar-refractivity contribution in [3.8, 4) is 5.75 Å². The maximum Gasteiger partial charge on any atom is 0.275 e. The molecule has 1 aliphatic rings. The Hall–Kier alpha value is -3.36. The van der Waals surface area contributed by atoms with Crippen LogP contribution in [0.5, 0.6) is 5.75 Å². The van der Waals surface area contributed by atoms with E-state index in [4.69, 9.17) is 16.3 Å². The zero-order chi connectivity index (χ0) is 25.1. The maximum atomic E-state index is 13.4. The van der Waals surface area contributed by atoms with Gasteiger partial charge in [-0.05, 0) is 50.7 Å². The predicted molar refractivity (Wildman–Crippen MR) is 136 cm³/mol.